The second-order valence-electron chi connectivity index (χ2n) is 12.6. The molecule has 11 nitrogen and oxygen atoms in total. The smallest absolute Gasteiger partial charge is 0.352 e. The minimum Gasteiger partial charge on any atom is -0.502 e. The third-order valence-electron chi connectivity index (χ3n) is 10.3. The van der Waals surface area contributed by atoms with E-state index in [1.54, 1.807) is 66.7 Å². The number of methoxy groups -OCH3 is 2. The lowest BCUT2D eigenvalue weighted by Crippen LogP contribution is -2.53. The number of carbonyl (C=O) groups excluding carboxylic acids is 2. The van der Waals surface area contributed by atoms with Crippen LogP contribution >= 0.6 is 11.6 Å². The Bertz CT molecular complexity index is 2320. The van der Waals surface area contributed by atoms with Crippen LogP contribution in [-0.2, 0) is 21.5 Å². The molecule has 1 aliphatic carbocycles. The van der Waals surface area contributed by atoms with E-state index in [0.717, 1.165) is 4.57 Å². The van der Waals surface area contributed by atoms with Gasteiger partial charge in [-0.25, -0.2) is 28.4 Å². The zero-order valence-corrected chi connectivity index (χ0v) is 27.8. The van der Waals surface area contributed by atoms with Crippen molar-refractivity contribution in [2.24, 2.45) is 5.92 Å². The monoisotopic (exact) mass is 690 g/mol. The molecule has 1 saturated carbocycles. The van der Waals surface area contributed by atoms with Gasteiger partial charge in [0.25, 0.3) is 0 Å². The number of phenolic OH excluding ortho intramolecular Hbond substituents is 1. The Morgan fingerprint density at radius 1 is 0.800 bits per heavy atom. The molecular weight excluding hydrogens is 660 g/mol. The molecule has 50 heavy (non-hydrogen) atoms. The van der Waals surface area contributed by atoms with Gasteiger partial charge in [-0.3, -0.25) is 9.59 Å². The van der Waals surface area contributed by atoms with Crippen molar-refractivity contribution in [3.8, 4) is 22.9 Å². The fraction of sp³-hybridized carbons (Fsp3) is 0.211. The summed E-state index contributed by atoms with van der Waals surface area (Å²) in [5, 5.41) is 11.3. The first-order valence-electron chi connectivity index (χ1n) is 16.1. The number of benzene rings is 4. The third kappa shape index (κ3) is 4.29. The standard InChI is InChI=1S/C38H31ClN4O7/c1-49-30-18-22(19-31(50-2)33(30)44)32-27-16-17-40-36(47)42(25-13-7-4-8-14-25)37(48)43(40)29(27)21-28-34(45)41(26-15-9-12-24(39)20-26)35(46)38(28,32)23-10-5-3-6-11-23/h3-16,18-20,28-29,32,44H,17,21H2,1-2H3. The van der Waals surface area contributed by atoms with Crippen LogP contribution in [0.1, 0.15) is 29.5 Å². The van der Waals surface area contributed by atoms with Crippen LogP contribution in [-0.4, -0.2) is 45.1 Å². The number of nitrogens with zero attached hydrogens (tertiary/aromatic N) is 4. The van der Waals surface area contributed by atoms with Crippen molar-refractivity contribution in [2.75, 3.05) is 19.1 Å². The first-order valence-corrected chi connectivity index (χ1v) is 16.4. The number of phenols is 1. The number of allylic oxidation sites excluding steroid dienone is 2. The van der Waals surface area contributed by atoms with Crippen molar-refractivity contribution in [2.45, 2.75) is 30.3 Å². The lowest BCUT2D eigenvalue weighted by molar-refractivity contribution is -0.124. The summed E-state index contributed by atoms with van der Waals surface area (Å²) in [5.41, 5.74) is -0.0926. The first kappa shape index (κ1) is 31.5. The zero-order chi connectivity index (χ0) is 34.9. The van der Waals surface area contributed by atoms with Crippen LogP contribution in [0.3, 0.4) is 0 Å². The molecule has 1 aromatic heterocycles. The highest BCUT2D eigenvalue weighted by Gasteiger charge is 2.68. The molecule has 1 N–H and O–H groups in total. The molecule has 252 valence electrons. The number of fused-ring (bicyclic) bond motifs is 4. The molecule has 0 radical (unpaired) electrons. The van der Waals surface area contributed by atoms with Gasteiger partial charge in [0.2, 0.25) is 17.6 Å². The minimum atomic E-state index is -1.52. The second kappa shape index (κ2) is 11.7. The van der Waals surface area contributed by atoms with E-state index in [0.29, 0.717) is 33.1 Å². The van der Waals surface area contributed by atoms with Crippen LogP contribution in [0, 0.1) is 5.92 Å². The fourth-order valence-electron chi connectivity index (χ4n) is 8.26. The van der Waals surface area contributed by atoms with E-state index in [4.69, 9.17) is 21.1 Å². The van der Waals surface area contributed by atoms with Gasteiger partial charge in [0.1, 0.15) is 0 Å². The number of imide groups is 1. The Morgan fingerprint density at radius 3 is 2.08 bits per heavy atom. The number of hydrogen-bond donors (Lipinski definition) is 1. The highest BCUT2D eigenvalue weighted by Crippen LogP contribution is 2.63. The number of aromatic nitrogens is 3. The van der Waals surface area contributed by atoms with Gasteiger partial charge in [-0.1, -0.05) is 72.3 Å². The number of anilines is 1. The molecule has 8 rings (SSSR count). The topological polar surface area (TPSA) is 125 Å². The number of halogens is 1. The Balaban J connectivity index is 1.44. The van der Waals surface area contributed by atoms with Crippen LogP contribution in [0.15, 0.2) is 118 Å². The largest absolute Gasteiger partial charge is 0.502 e. The zero-order valence-electron chi connectivity index (χ0n) is 27.0. The van der Waals surface area contributed by atoms with Gasteiger partial charge >= 0.3 is 11.4 Å². The van der Waals surface area contributed by atoms with Crippen molar-refractivity contribution >= 4 is 29.1 Å². The first-order chi connectivity index (χ1) is 24.2. The van der Waals surface area contributed by atoms with Gasteiger partial charge in [0.15, 0.2) is 11.5 Å². The van der Waals surface area contributed by atoms with Crippen LogP contribution in [0.5, 0.6) is 17.2 Å². The fourth-order valence-corrected chi connectivity index (χ4v) is 8.44. The number of ether oxygens (including phenoxy) is 2. The van der Waals surface area contributed by atoms with Gasteiger partial charge in [0.05, 0.1) is 49.5 Å². The maximum atomic E-state index is 15.4. The Labute approximate surface area is 290 Å². The molecule has 0 spiro atoms. The molecule has 3 heterocycles. The average molecular weight is 691 g/mol. The van der Waals surface area contributed by atoms with E-state index in [-0.39, 0.29) is 30.2 Å². The summed E-state index contributed by atoms with van der Waals surface area (Å²) >= 11 is 6.39. The summed E-state index contributed by atoms with van der Waals surface area (Å²) in [6.45, 7) is 0.0400. The number of para-hydroxylation sites is 1. The average Bonchev–Trinajstić information content (AvgIpc) is 3.53. The quantitative estimate of drug-likeness (QED) is 0.197. The number of aromatic hydroxyl groups is 1. The number of hydrogen-bond acceptors (Lipinski definition) is 7. The molecule has 0 bridgehead atoms. The van der Waals surface area contributed by atoms with E-state index in [9.17, 15) is 19.5 Å². The van der Waals surface area contributed by atoms with Crippen LogP contribution in [0.4, 0.5) is 5.69 Å². The predicted octanol–water partition coefficient (Wildman–Crippen LogP) is 4.97. The molecule has 2 fully saturated rings. The Kier molecular flexibility index (Phi) is 7.34. The maximum Gasteiger partial charge on any atom is 0.352 e. The van der Waals surface area contributed by atoms with Gasteiger partial charge in [-0.15, -0.1) is 0 Å². The SMILES string of the molecule is COc1cc(C2C3=CCn4c(=O)n(-c5ccccc5)c(=O)n4C3CC3C(=O)N(c4cccc(Cl)c4)C(=O)C32c2ccccc2)cc(OC)c1O. The van der Waals surface area contributed by atoms with Gasteiger partial charge in [-0.05, 0) is 65.6 Å². The highest BCUT2D eigenvalue weighted by molar-refractivity contribution is 6.32. The predicted molar refractivity (Wildman–Crippen MR) is 186 cm³/mol. The van der Waals surface area contributed by atoms with Gasteiger partial charge in [0, 0.05) is 10.9 Å². The number of carbonyl (C=O) groups is 2. The second-order valence-corrected chi connectivity index (χ2v) is 13.0. The third-order valence-corrected chi connectivity index (χ3v) is 10.5. The molecule has 4 atom stereocenters. The normalized spacial score (nSPS) is 22.4. The van der Waals surface area contributed by atoms with E-state index < -0.39 is 46.5 Å². The van der Waals surface area contributed by atoms with Crippen molar-refractivity contribution < 1.29 is 24.2 Å². The molecule has 4 unspecified atom stereocenters. The van der Waals surface area contributed by atoms with Crippen LogP contribution < -0.4 is 25.8 Å². The lowest BCUT2D eigenvalue weighted by Gasteiger charge is -2.49. The summed E-state index contributed by atoms with van der Waals surface area (Å²) < 4.78 is 15.1. The van der Waals surface area contributed by atoms with Crippen LogP contribution in [0.25, 0.3) is 5.69 Å². The highest BCUT2D eigenvalue weighted by atomic mass is 35.5. The minimum absolute atomic E-state index is 0.0400. The van der Waals surface area contributed by atoms with E-state index >= 15 is 4.79 Å². The summed E-state index contributed by atoms with van der Waals surface area (Å²) in [5.74, 6) is -2.83. The maximum absolute atomic E-state index is 15.4. The van der Waals surface area contributed by atoms with E-state index in [1.807, 2.05) is 36.4 Å². The molecular formula is C38H31ClN4O7. The Hall–Kier alpha value is -5.81. The number of amides is 2. The molecule has 5 aromatic rings. The van der Waals surface area contributed by atoms with Crippen molar-refractivity contribution in [3.63, 3.8) is 0 Å². The summed E-state index contributed by atoms with van der Waals surface area (Å²) in [7, 11) is 2.82. The van der Waals surface area contributed by atoms with Crippen LogP contribution in [0.2, 0.25) is 5.02 Å². The van der Waals surface area contributed by atoms with E-state index in [1.165, 1.54) is 28.5 Å². The molecule has 2 amide bonds. The van der Waals surface area contributed by atoms with Gasteiger partial charge in [-0.2, -0.15) is 0 Å². The van der Waals surface area contributed by atoms with Crippen molar-refractivity contribution in [1.82, 2.24) is 13.9 Å². The summed E-state index contributed by atoms with van der Waals surface area (Å²) in [6, 6.07) is 26.8. The molecule has 12 heteroatoms. The molecule has 2 aliphatic heterocycles. The van der Waals surface area contributed by atoms with Gasteiger partial charge < -0.3 is 14.6 Å². The number of rotatable bonds is 6. The summed E-state index contributed by atoms with van der Waals surface area (Å²) in [6.07, 6.45) is 1.92. The summed E-state index contributed by atoms with van der Waals surface area (Å²) in [4.78, 5) is 59.6. The van der Waals surface area contributed by atoms with E-state index in [2.05, 4.69) is 0 Å². The van der Waals surface area contributed by atoms with Crippen molar-refractivity contribution in [1.29, 1.82) is 0 Å². The molecule has 4 aromatic carbocycles. The molecule has 1 saturated heterocycles. The molecule has 3 aliphatic rings. The van der Waals surface area contributed by atoms with Crippen molar-refractivity contribution in [3.05, 3.63) is 146 Å². The Morgan fingerprint density at radius 2 is 1.44 bits per heavy atom. The lowest BCUT2D eigenvalue weighted by atomic mass is 9.53.